The second kappa shape index (κ2) is 7.22. The molecule has 0 saturated heterocycles. The van der Waals surface area contributed by atoms with Crippen LogP contribution in [0.15, 0.2) is 0 Å². The van der Waals surface area contributed by atoms with Gasteiger partial charge >= 0.3 is 5.97 Å². The maximum atomic E-state index is 11.6. The van der Waals surface area contributed by atoms with Gasteiger partial charge in [-0.3, -0.25) is 4.79 Å². The number of rotatable bonds is 6. The third-order valence-corrected chi connectivity index (χ3v) is 2.43. The van der Waals surface area contributed by atoms with Gasteiger partial charge in [-0.25, -0.2) is 4.79 Å². The van der Waals surface area contributed by atoms with E-state index in [2.05, 4.69) is 5.32 Å². The second-order valence-corrected chi connectivity index (χ2v) is 3.80. The van der Waals surface area contributed by atoms with Crippen molar-refractivity contribution in [1.29, 1.82) is 0 Å². The Morgan fingerprint density at radius 1 is 1.31 bits per heavy atom. The normalized spacial score (nSPS) is 16.1. The van der Waals surface area contributed by atoms with Crippen molar-refractivity contribution < 1.29 is 19.4 Å². The van der Waals surface area contributed by atoms with Crippen LogP contribution >= 0.6 is 0 Å². The lowest BCUT2D eigenvalue weighted by atomic mass is 9.99. The van der Waals surface area contributed by atoms with E-state index in [1.165, 1.54) is 6.92 Å². The molecule has 1 amide bonds. The third kappa shape index (κ3) is 4.61. The smallest absolute Gasteiger partial charge is 0.328 e. The van der Waals surface area contributed by atoms with Crippen molar-refractivity contribution in [3.63, 3.8) is 0 Å². The molecule has 0 spiro atoms. The topological polar surface area (TPSA) is 75.6 Å². The Morgan fingerprint density at radius 2 is 1.88 bits per heavy atom. The quantitative estimate of drug-likeness (QED) is 0.651. The van der Waals surface area contributed by atoms with E-state index in [1.807, 2.05) is 13.8 Å². The van der Waals surface area contributed by atoms with Gasteiger partial charge in [0.1, 0.15) is 12.1 Å². The summed E-state index contributed by atoms with van der Waals surface area (Å²) in [5, 5.41) is 11.6. The molecule has 5 nitrogen and oxygen atoms in total. The molecule has 0 aliphatic carbocycles. The van der Waals surface area contributed by atoms with Crippen LogP contribution in [-0.2, 0) is 14.3 Å². The minimum atomic E-state index is -1.12. The second-order valence-electron chi connectivity index (χ2n) is 3.80. The van der Waals surface area contributed by atoms with Crippen LogP contribution in [0.25, 0.3) is 0 Å². The summed E-state index contributed by atoms with van der Waals surface area (Å²) >= 11 is 0. The summed E-state index contributed by atoms with van der Waals surface area (Å²) in [6.07, 6.45) is -0.384. The van der Waals surface area contributed by atoms with E-state index in [0.717, 1.165) is 6.42 Å². The van der Waals surface area contributed by atoms with Crippen LogP contribution in [-0.4, -0.2) is 35.7 Å². The van der Waals surface area contributed by atoms with E-state index in [9.17, 15) is 9.59 Å². The van der Waals surface area contributed by atoms with E-state index in [-0.39, 0.29) is 12.5 Å². The molecule has 5 heteroatoms. The number of aliphatic hydroxyl groups excluding tert-OH is 1. The molecule has 0 fully saturated rings. The Bertz CT molecular complexity index is 240. The zero-order chi connectivity index (χ0) is 12.7. The van der Waals surface area contributed by atoms with Crippen LogP contribution < -0.4 is 5.32 Å². The molecule has 3 atom stereocenters. The van der Waals surface area contributed by atoms with Gasteiger partial charge in [0, 0.05) is 0 Å². The number of esters is 1. The lowest BCUT2D eigenvalue weighted by Crippen LogP contribution is -2.48. The highest BCUT2D eigenvalue weighted by atomic mass is 16.5. The van der Waals surface area contributed by atoms with Crippen molar-refractivity contribution >= 4 is 11.9 Å². The van der Waals surface area contributed by atoms with Crippen molar-refractivity contribution in [3.8, 4) is 0 Å². The van der Waals surface area contributed by atoms with E-state index in [4.69, 9.17) is 9.84 Å². The molecule has 0 unspecified atom stereocenters. The molecule has 0 bridgehead atoms. The van der Waals surface area contributed by atoms with Crippen molar-refractivity contribution in [3.05, 3.63) is 0 Å². The molecule has 0 aliphatic heterocycles. The lowest BCUT2D eigenvalue weighted by Gasteiger charge is -2.22. The van der Waals surface area contributed by atoms with Crippen LogP contribution in [0.2, 0.25) is 0 Å². The highest BCUT2D eigenvalue weighted by Crippen LogP contribution is 2.09. The molecule has 0 rings (SSSR count). The summed E-state index contributed by atoms with van der Waals surface area (Å²) in [7, 11) is 0. The zero-order valence-corrected chi connectivity index (χ0v) is 10.3. The summed E-state index contributed by atoms with van der Waals surface area (Å²) in [6.45, 7) is 7.11. The van der Waals surface area contributed by atoms with Crippen LogP contribution in [0, 0.1) is 5.92 Å². The van der Waals surface area contributed by atoms with Gasteiger partial charge < -0.3 is 15.2 Å². The van der Waals surface area contributed by atoms with Crippen LogP contribution in [0.3, 0.4) is 0 Å². The first-order valence-corrected chi connectivity index (χ1v) is 5.59. The highest BCUT2D eigenvalue weighted by Gasteiger charge is 2.28. The predicted octanol–water partition coefficient (Wildman–Crippen LogP) is 0.461. The molecule has 94 valence electrons. The van der Waals surface area contributed by atoms with Gasteiger partial charge in [-0.1, -0.05) is 20.3 Å². The number of hydrogen-bond acceptors (Lipinski definition) is 4. The fourth-order valence-corrected chi connectivity index (χ4v) is 1.18. The first-order chi connectivity index (χ1) is 7.43. The number of aliphatic hydroxyl groups is 1. The highest BCUT2D eigenvalue weighted by molar-refractivity contribution is 5.86. The number of hydrogen-bond donors (Lipinski definition) is 2. The number of amides is 1. The van der Waals surface area contributed by atoms with Crippen molar-refractivity contribution in [1.82, 2.24) is 5.32 Å². The van der Waals surface area contributed by atoms with Crippen LogP contribution in [0.1, 0.15) is 34.1 Å². The summed E-state index contributed by atoms with van der Waals surface area (Å²) in [5.41, 5.74) is 0. The molecular weight excluding hydrogens is 210 g/mol. The van der Waals surface area contributed by atoms with Gasteiger partial charge in [0.25, 0.3) is 0 Å². The van der Waals surface area contributed by atoms with E-state index < -0.39 is 24.0 Å². The average Bonchev–Trinajstić information content (AvgIpc) is 2.24. The first-order valence-electron chi connectivity index (χ1n) is 5.59. The number of carbonyl (C=O) groups is 2. The number of nitrogens with one attached hydrogen (secondary N) is 1. The lowest BCUT2D eigenvalue weighted by molar-refractivity contribution is -0.149. The largest absolute Gasteiger partial charge is 0.464 e. The van der Waals surface area contributed by atoms with Gasteiger partial charge in [-0.2, -0.15) is 0 Å². The van der Waals surface area contributed by atoms with Gasteiger partial charge in [0.15, 0.2) is 0 Å². The Balaban J connectivity index is 4.55. The molecule has 2 N–H and O–H groups in total. The van der Waals surface area contributed by atoms with Crippen LogP contribution in [0.4, 0.5) is 0 Å². The van der Waals surface area contributed by atoms with Gasteiger partial charge in [-0.15, -0.1) is 0 Å². The molecule has 16 heavy (non-hydrogen) atoms. The van der Waals surface area contributed by atoms with E-state index in [1.54, 1.807) is 6.92 Å². The van der Waals surface area contributed by atoms with Gasteiger partial charge in [-0.05, 0) is 19.8 Å². The van der Waals surface area contributed by atoms with Gasteiger partial charge in [0.05, 0.1) is 6.61 Å². The Labute approximate surface area is 96.2 Å². The predicted molar refractivity (Wildman–Crippen MR) is 59.7 cm³/mol. The Morgan fingerprint density at radius 3 is 2.25 bits per heavy atom. The fraction of sp³-hybridized carbons (Fsp3) is 0.818. The van der Waals surface area contributed by atoms with E-state index >= 15 is 0 Å². The SMILES string of the molecule is CCOC(=O)[C@@H](NC(=O)[C@H](C)O)[C@@H](C)CC. The van der Waals surface area contributed by atoms with Gasteiger partial charge in [0.2, 0.25) is 5.91 Å². The summed E-state index contributed by atoms with van der Waals surface area (Å²) in [6, 6.07) is -0.688. The van der Waals surface area contributed by atoms with Crippen molar-refractivity contribution in [2.75, 3.05) is 6.61 Å². The molecule has 0 saturated carbocycles. The van der Waals surface area contributed by atoms with Crippen LogP contribution in [0.5, 0.6) is 0 Å². The molecule has 0 aliphatic rings. The molecule has 0 aromatic heterocycles. The average molecular weight is 231 g/mol. The summed E-state index contributed by atoms with van der Waals surface area (Å²) in [4.78, 5) is 22.9. The Kier molecular flexibility index (Phi) is 6.72. The summed E-state index contributed by atoms with van der Waals surface area (Å²) in [5.74, 6) is -1.04. The molecule has 0 heterocycles. The Hall–Kier alpha value is -1.10. The molecule has 0 aromatic carbocycles. The summed E-state index contributed by atoms with van der Waals surface area (Å²) < 4.78 is 4.87. The van der Waals surface area contributed by atoms with Crippen molar-refractivity contribution in [2.24, 2.45) is 5.92 Å². The van der Waals surface area contributed by atoms with E-state index in [0.29, 0.717) is 0 Å². The maximum Gasteiger partial charge on any atom is 0.328 e. The maximum absolute atomic E-state index is 11.6. The standard InChI is InChI=1S/C11H21NO4/c1-5-7(3)9(11(15)16-6-2)12-10(14)8(4)13/h7-9,13H,5-6H2,1-4H3,(H,12,14)/t7-,8-,9-/m0/s1. The fourth-order valence-electron chi connectivity index (χ4n) is 1.18. The number of carbonyl (C=O) groups excluding carboxylic acids is 2. The minimum absolute atomic E-state index is 0.0262. The van der Waals surface area contributed by atoms with Crippen molar-refractivity contribution in [2.45, 2.75) is 46.3 Å². The monoisotopic (exact) mass is 231 g/mol. The third-order valence-electron chi connectivity index (χ3n) is 2.43. The molecule has 0 radical (unpaired) electrons. The zero-order valence-electron chi connectivity index (χ0n) is 10.3. The molecular formula is C11H21NO4. The molecule has 0 aromatic rings. The first kappa shape index (κ1) is 14.9. The minimum Gasteiger partial charge on any atom is -0.464 e. The number of ether oxygens (including phenoxy) is 1.